The molecule has 0 heterocycles. The molecule has 0 unspecified atom stereocenters. The lowest BCUT2D eigenvalue weighted by atomic mass is 9.48. The molecule has 102 valence electrons. The predicted octanol–water partition coefficient (Wildman–Crippen LogP) is 2.39. The van der Waals surface area contributed by atoms with Crippen molar-refractivity contribution in [1.82, 2.24) is 0 Å². The first-order chi connectivity index (χ1) is 8.32. The normalized spacial score (nSPS) is 46.8. The summed E-state index contributed by atoms with van der Waals surface area (Å²) < 4.78 is 4.98. The third-order valence-corrected chi connectivity index (χ3v) is 5.40. The Kier molecular flexibility index (Phi) is 3.30. The monoisotopic (exact) mass is 252 g/mol. The highest BCUT2D eigenvalue weighted by molar-refractivity contribution is 5.77. The minimum absolute atomic E-state index is 0.128. The van der Waals surface area contributed by atoms with E-state index in [0.717, 1.165) is 12.0 Å². The van der Waals surface area contributed by atoms with E-state index in [4.69, 9.17) is 4.74 Å². The highest BCUT2D eigenvalue weighted by atomic mass is 16.5. The largest absolute Gasteiger partial charge is 0.469 e. The summed E-state index contributed by atoms with van der Waals surface area (Å²) in [4.78, 5) is 12.1. The fraction of sp³-hybridized carbons (Fsp3) is 0.800. The molecule has 3 aliphatic rings. The number of aliphatic hydroxyl groups is 1. The van der Waals surface area contributed by atoms with Crippen molar-refractivity contribution in [2.24, 2.45) is 29.1 Å². The van der Waals surface area contributed by atoms with Gasteiger partial charge in [0, 0.05) is 0 Å². The Hall–Kier alpha value is -0.830. The molecule has 0 aromatic heterocycles. The van der Waals surface area contributed by atoms with Crippen molar-refractivity contribution in [3.05, 3.63) is 12.2 Å². The molecule has 0 radical (unpaired) electrons. The molecular formula is C15H24O3. The number of methoxy groups -OCH3 is 1. The Balaban J connectivity index is 2.34. The summed E-state index contributed by atoms with van der Waals surface area (Å²) in [5, 5.41) is 10.4. The Morgan fingerprint density at radius 2 is 2.11 bits per heavy atom. The maximum absolute atomic E-state index is 12.1. The van der Waals surface area contributed by atoms with Crippen LogP contribution in [0.15, 0.2) is 12.2 Å². The molecule has 0 aromatic carbocycles. The molecule has 18 heavy (non-hydrogen) atoms. The molecule has 0 amide bonds. The second-order valence-electron chi connectivity index (χ2n) is 6.42. The second-order valence-corrected chi connectivity index (χ2v) is 6.42. The molecule has 2 bridgehead atoms. The first-order valence-corrected chi connectivity index (χ1v) is 6.74. The van der Waals surface area contributed by atoms with Crippen molar-refractivity contribution >= 4 is 5.97 Å². The average Bonchev–Trinajstić information content (AvgIpc) is 2.33. The van der Waals surface area contributed by atoms with Gasteiger partial charge in [0.25, 0.3) is 0 Å². The van der Waals surface area contributed by atoms with Crippen LogP contribution in [0.3, 0.4) is 0 Å². The molecule has 3 saturated carbocycles. The van der Waals surface area contributed by atoms with Crippen LogP contribution in [-0.2, 0) is 9.53 Å². The number of rotatable bonds is 2. The zero-order valence-electron chi connectivity index (χ0n) is 11.8. The lowest BCUT2D eigenvalue weighted by molar-refractivity contribution is -0.182. The third kappa shape index (κ3) is 1.71. The Labute approximate surface area is 109 Å². The summed E-state index contributed by atoms with van der Waals surface area (Å²) in [5.74, 6) is 0.706. The number of ether oxygens (including phenoxy) is 1. The van der Waals surface area contributed by atoms with E-state index in [1.54, 1.807) is 0 Å². The van der Waals surface area contributed by atoms with Crippen LogP contribution in [0, 0.1) is 29.1 Å². The summed E-state index contributed by atoms with van der Waals surface area (Å²) in [5.41, 5.74) is 0.687. The van der Waals surface area contributed by atoms with Gasteiger partial charge in [0.2, 0.25) is 0 Å². The highest BCUT2D eigenvalue weighted by Gasteiger charge is 2.59. The lowest BCUT2D eigenvalue weighted by Gasteiger charge is -2.57. The standard InChI is InChI=1S/C15H24O3/c1-8(2)10-6-12-9(3)13(16)11(10)7-15(12,4)14(17)18-5/h9-13,16H,1,6-7H2,2-5H3/t9-,10-,11-,12+,13-,15+/m0/s1. The average molecular weight is 252 g/mol. The number of esters is 1. The summed E-state index contributed by atoms with van der Waals surface area (Å²) in [6, 6.07) is 0. The number of carbonyl (C=O) groups excluding carboxylic acids is 1. The van der Waals surface area contributed by atoms with Gasteiger partial charge < -0.3 is 9.84 Å². The topological polar surface area (TPSA) is 46.5 Å². The van der Waals surface area contributed by atoms with Crippen LogP contribution in [0.5, 0.6) is 0 Å². The van der Waals surface area contributed by atoms with Gasteiger partial charge in [-0.25, -0.2) is 0 Å². The molecule has 0 aromatic rings. The third-order valence-electron chi connectivity index (χ3n) is 5.40. The zero-order valence-corrected chi connectivity index (χ0v) is 11.8. The van der Waals surface area contributed by atoms with Crippen molar-refractivity contribution < 1.29 is 14.6 Å². The first kappa shape index (κ1) is 13.6. The summed E-state index contributed by atoms with van der Waals surface area (Å²) in [6.07, 6.45) is 1.35. The van der Waals surface area contributed by atoms with Crippen molar-refractivity contribution in [2.75, 3.05) is 7.11 Å². The molecule has 3 heteroatoms. The SMILES string of the molecule is C=C(C)[C@@H]1C[C@@H]2[C@H](C)[C@H](O)[C@H]1C[C@@]2(C)C(=O)OC. The molecule has 3 rings (SSSR count). The van der Waals surface area contributed by atoms with E-state index in [1.165, 1.54) is 7.11 Å². The van der Waals surface area contributed by atoms with E-state index < -0.39 is 5.41 Å². The van der Waals surface area contributed by atoms with E-state index in [9.17, 15) is 9.90 Å². The number of hydrogen-bond donors (Lipinski definition) is 1. The van der Waals surface area contributed by atoms with Gasteiger partial charge in [-0.3, -0.25) is 4.79 Å². The number of aliphatic hydroxyl groups excluding tert-OH is 1. The molecule has 0 saturated heterocycles. The van der Waals surface area contributed by atoms with Crippen LogP contribution < -0.4 is 0 Å². The predicted molar refractivity (Wildman–Crippen MR) is 69.8 cm³/mol. The maximum Gasteiger partial charge on any atom is 0.311 e. The molecule has 6 atom stereocenters. The van der Waals surface area contributed by atoms with Crippen molar-refractivity contribution in [1.29, 1.82) is 0 Å². The van der Waals surface area contributed by atoms with Gasteiger partial charge in [0.15, 0.2) is 0 Å². The van der Waals surface area contributed by atoms with E-state index in [0.29, 0.717) is 12.3 Å². The highest BCUT2D eigenvalue weighted by Crippen LogP contribution is 2.58. The number of allylic oxidation sites excluding steroid dienone is 1. The first-order valence-electron chi connectivity index (χ1n) is 6.74. The fourth-order valence-electron chi connectivity index (χ4n) is 4.31. The van der Waals surface area contributed by atoms with E-state index in [2.05, 4.69) is 13.5 Å². The number of carbonyl (C=O) groups is 1. The van der Waals surface area contributed by atoms with E-state index >= 15 is 0 Å². The molecule has 0 spiro atoms. The smallest absolute Gasteiger partial charge is 0.311 e. The Bertz CT molecular complexity index is 376. The van der Waals surface area contributed by atoms with Gasteiger partial charge in [0.1, 0.15) is 0 Å². The van der Waals surface area contributed by atoms with Crippen LogP contribution in [0.25, 0.3) is 0 Å². The summed E-state index contributed by atoms with van der Waals surface area (Å²) in [6.45, 7) is 10.1. The number of fused-ring (bicyclic) bond motifs is 3. The molecule has 1 N–H and O–H groups in total. The van der Waals surface area contributed by atoms with Gasteiger partial charge in [-0.1, -0.05) is 19.1 Å². The minimum atomic E-state index is -0.440. The maximum atomic E-state index is 12.1. The second kappa shape index (κ2) is 4.37. The zero-order chi connectivity index (χ0) is 13.7. The number of hydrogen-bond acceptors (Lipinski definition) is 3. The summed E-state index contributed by atoms with van der Waals surface area (Å²) in [7, 11) is 1.45. The quantitative estimate of drug-likeness (QED) is 0.606. The van der Waals surface area contributed by atoms with Crippen LogP contribution in [0.1, 0.15) is 33.6 Å². The minimum Gasteiger partial charge on any atom is -0.469 e. The Morgan fingerprint density at radius 1 is 1.50 bits per heavy atom. The molecule has 3 nitrogen and oxygen atoms in total. The van der Waals surface area contributed by atoms with Crippen molar-refractivity contribution in [3.8, 4) is 0 Å². The van der Waals surface area contributed by atoms with Crippen LogP contribution in [0.4, 0.5) is 0 Å². The fourth-order valence-corrected chi connectivity index (χ4v) is 4.31. The molecular weight excluding hydrogens is 228 g/mol. The molecule has 3 fully saturated rings. The Morgan fingerprint density at radius 3 is 2.61 bits per heavy atom. The van der Waals surface area contributed by atoms with Crippen LogP contribution in [0.2, 0.25) is 0 Å². The van der Waals surface area contributed by atoms with Crippen molar-refractivity contribution in [3.63, 3.8) is 0 Å². The van der Waals surface area contributed by atoms with Gasteiger partial charge in [-0.05, 0) is 50.4 Å². The van der Waals surface area contributed by atoms with Gasteiger partial charge in [-0.15, -0.1) is 0 Å². The molecule has 3 aliphatic carbocycles. The van der Waals surface area contributed by atoms with E-state index in [-0.39, 0.29) is 29.8 Å². The van der Waals surface area contributed by atoms with Crippen LogP contribution in [-0.4, -0.2) is 24.3 Å². The summed E-state index contributed by atoms with van der Waals surface area (Å²) >= 11 is 0. The van der Waals surface area contributed by atoms with E-state index in [1.807, 2.05) is 13.8 Å². The lowest BCUT2D eigenvalue weighted by Crippen LogP contribution is -2.58. The van der Waals surface area contributed by atoms with Gasteiger partial charge in [-0.2, -0.15) is 0 Å². The molecule has 0 aliphatic heterocycles. The van der Waals surface area contributed by atoms with Crippen molar-refractivity contribution in [2.45, 2.75) is 39.7 Å². The van der Waals surface area contributed by atoms with Gasteiger partial charge in [0.05, 0.1) is 18.6 Å². The van der Waals surface area contributed by atoms with Crippen LogP contribution >= 0.6 is 0 Å². The van der Waals surface area contributed by atoms with Gasteiger partial charge >= 0.3 is 5.97 Å².